The van der Waals surface area contributed by atoms with Gasteiger partial charge in [-0.05, 0) is 61.0 Å². The van der Waals surface area contributed by atoms with Crippen LogP contribution in [0.3, 0.4) is 0 Å². The molecule has 0 aliphatic heterocycles. The van der Waals surface area contributed by atoms with Crippen LogP contribution in [-0.2, 0) is 13.0 Å². The van der Waals surface area contributed by atoms with Gasteiger partial charge in [0.1, 0.15) is 11.5 Å². The number of rotatable bonds is 6. The second kappa shape index (κ2) is 8.09. The molecule has 0 amide bonds. The van der Waals surface area contributed by atoms with E-state index in [1.807, 2.05) is 42.5 Å². The Kier molecular flexibility index (Phi) is 5.85. The van der Waals surface area contributed by atoms with Gasteiger partial charge in [-0.3, -0.25) is 0 Å². The number of nitrogens with one attached hydrogen (secondary N) is 1. The van der Waals surface area contributed by atoms with Gasteiger partial charge >= 0.3 is 0 Å². The van der Waals surface area contributed by atoms with Crippen LogP contribution < -0.4 is 5.32 Å². The van der Waals surface area contributed by atoms with Crippen LogP contribution in [0, 0.1) is 0 Å². The van der Waals surface area contributed by atoms with Crippen molar-refractivity contribution in [1.82, 2.24) is 5.32 Å². The van der Waals surface area contributed by atoms with Crippen LogP contribution in [0.25, 0.3) is 11.3 Å². The zero-order valence-electron chi connectivity index (χ0n) is 12.9. The number of furan rings is 1. The molecule has 0 atom stereocenters. The molecule has 0 aliphatic carbocycles. The van der Waals surface area contributed by atoms with E-state index in [0.29, 0.717) is 16.6 Å². The lowest BCUT2D eigenvalue weighted by molar-refractivity contribution is 0.495. The van der Waals surface area contributed by atoms with E-state index in [2.05, 4.69) is 5.32 Å². The SMILES string of the molecule is Clc1ccc(CCNCc2ccc(-c3ccc(Cl)cc3Cl)o2)cc1. The molecule has 0 fully saturated rings. The van der Waals surface area contributed by atoms with E-state index >= 15 is 0 Å². The third-order valence-electron chi connectivity index (χ3n) is 3.66. The Morgan fingerprint density at radius 1 is 0.833 bits per heavy atom. The van der Waals surface area contributed by atoms with Crippen LogP contribution >= 0.6 is 34.8 Å². The molecule has 124 valence electrons. The molecule has 24 heavy (non-hydrogen) atoms. The van der Waals surface area contributed by atoms with E-state index in [0.717, 1.165) is 35.1 Å². The van der Waals surface area contributed by atoms with Gasteiger partial charge in [0, 0.05) is 15.6 Å². The average molecular weight is 381 g/mol. The van der Waals surface area contributed by atoms with Crippen molar-refractivity contribution in [2.24, 2.45) is 0 Å². The summed E-state index contributed by atoms with van der Waals surface area (Å²) in [6.45, 7) is 1.53. The zero-order valence-corrected chi connectivity index (χ0v) is 15.1. The summed E-state index contributed by atoms with van der Waals surface area (Å²) in [5.74, 6) is 1.61. The molecule has 3 aromatic rings. The molecule has 1 N–H and O–H groups in total. The normalized spacial score (nSPS) is 11.0. The van der Waals surface area contributed by atoms with Gasteiger partial charge in [0.2, 0.25) is 0 Å². The molecule has 3 rings (SSSR count). The smallest absolute Gasteiger partial charge is 0.135 e. The Balaban J connectivity index is 1.53. The molecule has 1 heterocycles. The van der Waals surface area contributed by atoms with E-state index in [4.69, 9.17) is 39.2 Å². The monoisotopic (exact) mass is 379 g/mol. The van der Waals surface area contributed by atoms with Gasteiger partial charge < -0.3 is 9.73 Å². The maximum atomic E-state index is 6.21. The van der Waals surface area contributed by atoms with Gasteiger partial charge in [-0.1, -0.05) is 46.9 Å². The lowest BCUT2D eigenvalue weighted by atomic mass is 10.1. The van der Waals surface area contributed by atoms with Crippen molar-refractivity contribution in [3.8, 4) is 11.3 Å². The summed E-state index contributed by atoms with van der Waals surface area (Å²) in [7, 11) is 0. The van der Waals surface area contributed by atoms with Crippen molar-refractivity contribution in [1.29, 1.82) is 0 Å². The molecule has 0 bridgehead atoms. The zero-order chi connectivity index (χ0) is 16.9. The summed E-state index contributed by atoms with van der Waals surface area (Å²) in [6, 6.07) is 17.1. The Morgan fingerprint density at radius 2 is 1.58 bits per heavy atom. The van der Waals surface area contributed by atoms with Crippen molar-refractivity contribution < 1.29 is 4.42 Å². The molecule has 0 unspecified atom stereocenters. The molecular weight excluding hydrogens is 365 g/mol. The predicted octanol–water partition coefficient (Wildman–Crippen LogP) is 6.24. The molecule has 0 saturated heterocycles. The van der Waals surface area contributed by atoms with Crippen LogP contribution in [0.15, 0.2) is 59.0 Å². The minimum Gasteiger partial charge on any atom is -0.460 e. The molecular formula is C19H16Cl3NO. The predicted molar refractivity (Wildman–Crippen MR) is 101 cm³/mol. The quantitative estimate of drug-likeness (QED) is 0.512. The minimum absolute atomic E-state index is 0.582. The van der Waals surface area contributed by atoms with Crippen LogP contribution in [0.5, 0.6) is 0 Å². The van der Waals surface area contributed by atoms with Gasteiger partial charge in [0.25, 0.3) is 0 Å². The number of hydrogen-bond donors (Lipinski definition) is 1. The standard InChI is InChI=1S/C19H16Cl3NO/c20-14-3-1-13(2-4-14)9-10-23-12-16-6-8-19(24-16)17-7-5-15(21)11-18(17)22/h1-8,11,23H,9-10,12H2. The summed E-state index contributed by atoms with van der Waals surface area (Å²) in [5.41, 5.74) is 2.09. The van der Waals surface area contributed by atoms with Crippen LogP contribution in [0.4, 0.5) is 0 Å². The van der Waals surface area contributed by atoms with Gasteiger partial charge in [-0.25, -0.2) is 0 Å². The Hall–Kier alpha value is -1.45. The summed E-state index contributed by atoms with van der Waals surface area (Å²) >= 11 is 18.0. The highest BCUT2D eigenvalue weighted by Gasteiger charge is 2.09. The molecule has 0 aliphatic rings. The maximum absolute atomic E-state index is 6.21. The molecule has 0 radical (unpaired) electrons. The van der Waals surface area contributed by atoms with Gasteiger partial charge in [0.15, 0.2) is 0 Å². The topological polar surface area (TPSA) is 25.2 Å². The molecule has 0 saturated carbocycles. The molecule has 2 aromatic carbocycles. The highest BCUT2D eigenvalue weighted by molar-refractivity contribution is 6.36. The summed E-state index contributed by atoms with van der Waals surface area (Å²) < 4.78 is 5.85. The molecule has 0 spiro atoms. The molecule has 5 heteroatoms. The van der Waals surface area contributed by atoms with E-state index in [1.54, 1.807) is 12.1 Å². The summed E-state index contributed by atoms with van der Waals surface area (Å²) in [5, 5.41) is 5.33. The lowest BCUT2D eigenvalue weighted by Gasteiger charge is -2.04. The molecule has 1 aromatic heterocycles. The van der Waals surface area contributed by atoms with Gasteiger partial charge in [-0.15, -0.1) is 0 Å². The van der Waals surface area contributed by atoms with E-state index in [-0.39, 0.29) is 0 Å². The first-order valence-electron chi connectivity index (χ1n) is 7.61. The first kappa shape index (κ1) is 17.4. The van der Waals surface area contributed by atoms with Crippen LogP contribution in [0.2, 0.25) is 15.1 Å². The third kappa shape index (κ3) is 4.55. The first-order valence-corrected chi connectivity index (χ1v) is 8.74. The Bertz CT molecular complexity index is 812. The highest BCUT2D eigenvalue weighted by Crippen LogP contribution is 2.31. The van der Waals surface area contributed by atoms with Crippen LogP contribution in [-0.4, -0.2) is 6.54 Å². The highest BCUT2D eigenvalue weighted by atomic mass is 35.5. The van der Waals surface area contributed by atoms with Crippen molar-refractivity contribution in [2.75, 3.05) is 6.54 Å². The number of benzene rings is 2. The Labute approximate surface area is 156 Å². The fraction of sp³-hybridized carbons (Fsp3) is 0.158. The van der Waals surface area contributed by atoms with Crippen molar-refractivity contribution in [2.45, 2.75) is 13.0 Å². The van der Waals surface area contributed by atoms with Gasteiger partial charge in [-0.2, -0.15) is 0 Å². The number of hydrogen-bond acceptors (Lipinski definition) is 2. The van der Waals surface area contributed by atoms with Crippen molar-refractivity contribution in [3.63, 3.8) is 0 Å². The van der Waals surface area contributed by atoms with E-state index in [1.165, 1.54) is 5.56 Å². The van der Waals surface area contributed by atoms with E-state index < -0.39 is 0 Å². The second-order valence-corrected chi connectivity index (χ2v) is 6.72. The lowest BCUT2D eigenvalue weighted by Crippen LogP contribution is -2.16. The van der Waals surface area contributed by atoms with Crippen molar-refractivity contribution >= 4 is 34.8 Å². The fourth-order valence-corrected chi connectivity index (χ4v) is 3.03. The van der Waals surface area contributed by atoms with Gasteiger partial charge in [0.05, 0.1) is 11.6 Å². The largest absolute Gasteiger partial charge is 0.460 e. The fourth-order valence-electron chi connectivity index (χ4n) is 2.40. The minimum atomic E-state index is 0.582. The summed E-state index contributed by atoms with van der Waals surface area (Å²) in [6.07, 6.45) is 0.938. The maximum Gasteiger partial charge on any atom is 0.135 e. The van der Waals surface area contributed by atoms with E-state index in [9.17, 15) is 0 Å². The first-order chi connectivity index (χ1) is 11.6. The number of halogens is 3. The third-order valence-corrected chi connectivity index (χ3v) is 4.46. The van der Waals surface area contributed by atoms with Crippen LogP contribution in [0.1, 0.15) is 11.3 Å². The van der Waals surface area contributed by atoms with Crippen molar-refractivity contribution in [3.05, 3.63) is 81.0 Å². The summed E-state index contributed by atoms with van der Waals surface area (Å²) in [4.78, 5) is 0. The molecule has 2 nitrogen and oxygen atoms in total. The average Bonchev–Trinajstić information content (AvgIpc) is 3.02. The second-order valence-electron chi connectivity index (χ2n) is 5.44. The Morgan fingerprint density at radius 3 is 2.33 bits per heavy atom.